The zero-order chi connectivity index (χ0) is 11.0. The summed E-state index contributed by atoms with van der Waals surface area (Å²) in [6, 6.07) is 2.29. The molecule has 1 aromatic carbocycles. The van der Waals surface area contributed by atoms with Gasteiger partial charge in [0.1, 0.15) is 17.0 Å². The van der Waals surface area contributed by atoms with Crippen molar-refractivity contribution < 1.29 is 13.5 Å². The van der Waals surface area contributed by atoms with Gasteiger partial charge in [-0.2, -0.15) is 0 Å². The fourth-order valence-corrected chi connectivity index (χ4v) is 1.40. The van der Waals surface area contributed by atoms with Gasteiger partial charge in [0.2, 0.25) is 0 Å². The molecule has 0 radical (unpaired) electrons. The number of hydrogen-bond acceptors (Lipinski definition) is 4. The maximum absolute atomic E-state index is 13.1. The molecule has 0 spiro atoms. The van der Waals surface area contributed by atoms with E-state index in [0.717, 1.165) is 6.07 Å². The largest absolute Gasteiger partial charge is 0.496 e. The smallest absolute Gasteiger partial charge is 0.350 e. The highest BCUT2D eigenvalue weighted by Gasteiger charge is 2.11. The Labute approximate surface area is 84.3 Å². The Morgan fingerprint density at radius 3 is 2.87 bits per heavy atom. The molecule has 0 amide bonds. The van der Waals surface area contributed by atoms with Gasteiger partial charge in [0.05, 0.1) is 12.6 Å². The van der Waals surface area contributed by atoms with Gasteiger partial charge in [0, 0.05) is 19.1 Å². The van der Waals surface area contributed by atoms with Crippen LogP contribution in [0.3, 0.4) is 0 Å². The minimum Gasteiger partial charge on any atom is -0.496 e. The lowest BCUT2D eigenvalue weighted by Crippen LogP contribution is -2.05. The summed E-state index contributed by atoms with van der Waals surface area (Å²) in [7, 11) is 1.35. The molecule has 2 rings (SSSR count). The molecule has 0 aliphatic carbocycles. The van der Waals surface area contributed by atoms with Crippen molar-refractivity contribution in [1.29, 1.82) is 0 Å². The van der Waals surface area contributed by atoms with Gasteiger partial charge in [-0.1, -0.05) is 0 Å². The first kappa shape index (κ1) is 9.64. The van der Waals surface area contributed by atoms with Crippen LogP contribution in [0.1, 0.15) is 5.89 Å². The van der Waals surface area contributed by atoms with Gasteiger partial charge in [-0.3, -0.25) is 0 Å². The van der Waals surface area contributed by atoms with Crippen molar-refractivity contribution in [1.82, 2.24) is 4.98 Å². The fourth-order valence-electron chi connectivity index (χ4n) is 1.40. The molecule has 0 saturated heterocycles. The molecule has 0 fully saturated rings. The first-order valence-corrected chi connectivity index (χ1v) is 4.27. The Morgan fingerprint density at radius 2 is 2.20 bits per heavy atom. The molecular weight excluding hydrogens is 201 g/mol. The molecule has 15 heavy (non-hydrogen) atoms. The van der Waals surface area contributed by atoms with Crippen molar-refractivity contribution in [3.05, 3.63) is 34.3 Å². The van der Waals surface area contributed by atoms with E-state index in [9.17, 15) is 9.18 Å². The molecule has 2 aromatic rings. The number of benzene rings is 1. The molecule has 1 heterocycles. The second-order valence-electron chi connectivity index (χ2n) is 3.02. The van der Waals surface area contributed by atoms with Gasteiger partial charge in [-0.25, -0.2) is 14.2 Å². The van der Waals surface area contributed by atoms with E-state index in [2.05, 4.69) is 4.98 Å². The van der Waals surface area contributed by atoms with Crippen molar-refractivity contribution in [3.63, 3.8) is 0 Å². The monoisotopic (exact) mass is 209 g/mol. The molecular formula is C10H8FNO3. The predicted octanol–water partition coefficient (Wildman–Crippen LogP) is 1.64. The number of nitrogens with zero attached hydrogens (tertiary/aromatic N) is 1. The van der Waals surface area contributed by atoms with Crippen LogP contribution in [-0.4, -0.2) is 12.1 Å². The van der Waals surface area contributed by atoms with Gasteiger partial charge >= 0.3 is 5.63 Å². The summed E-state index contributed by atoms with van der Waals surface area (Å²) in [6.07, 6.45) is 0. The lowest BCUT2D eigenvalue weighted by Gasteiger charge is -2.03. The van der Waals surface area contributed by atoms with Crippen LogP contribution in [0.5, 0.6) is 5.75 Å². The fraction of sp³-hybridized carbons (Fsp3) is 0.200. The lowest BCUT2D eigenvalue weighted by atomic mass is 10.2. The van der Waals surface area contributed by atoms with E-state index in [1.807, 2.05) is 0 Å². The van der Waals surface area contributed by atoms with Crippen LogP contribution in [0, 0.1) is 12.7 Å². The summed E-state index contributed by atoms with van der Waals surface area (Å²) in [5.74, 6) is -0.178. The highest BCUT2D eigenvalue weighted by atomic mass is 19.1. The third-order valence-corrected chi connectivity index (χ3v) is 1.99. The first-order chi connectivity index (χ1) is 7.11. The van der Waals surface area contributed by atoms with E-state index < -0.39 is 11.4 Å². The van der Waals surface area contributed by atoms with Gasteiger partial charge in [0.25, 0.3) is 0 Å². The topological polar surface area (TPSA) is 52.3 Å². The second kappa shape index (κ2) is 3.34. The van der Waals surface area contributed by atoms with E-state index in [4.69, 9.17) is 9.15 Å². The van der Waals surface area contributed by atoms with Crippen molar-refractivity contribution in [2.24, 2.45) is 0 Å². The second-order valence-corrected chi connectivity index (χ2v) is 3.02. The average Bonchev–Trinajstić information content (AvgIpc) is 2.14. The Balaban J connectivity index is 2.96. The van der Waals surface area contributed by atoms with E-state index in [-0.39, 0.29) is 22.5 Å². The zero-order valence-electron chi connectivity index (χ0n) is 8.20. The van der Waals surface area contributed by atoms with Crippen LogP contribution < -0.4 is 10.4 Å². The molecule has 0 N–H and O–H groups in total. The number of halogens is 1. The first-order valence-electron chi connectivity index (χ1n) is 4.27. The number of aryl methyl sites for hydroxylation is 1. The minimum atomic E-state index is -0.575. The molecule has 0 aliphatic rings. The van der Waals surface area contributed by atoms with Gasteiger partial charge < -0.3 is 9.15 Å². The van der Waals surface area contributed by atoms with Gasteiger partial charge in [-0.15, -0.1) is 0 Å². The zero-order valence-corrected chi connectivity index (χ0v) is 8.20. The standard InChI is InChI=1S/C10H8FNO3/c1-5-12-7-3-6(11)4-8(14-2)9(7)10(13)15-5/h3-4H,1-2H3. The van der Waals surface area contributed by atoms with Crippen LogP contribution in [0.4, 0.5) is 4.39 Å². The van der Waals surface area contributed by atoms with Crippen molar-refractivity contribution in [3.8, 4) is 5.75 Å². The van der Waals surface area contributed by atoms with Crippen molar-refractivity contribution in [2.75, 3.05) is 7.11 Å². The number of hydrogen-bond donors (Lipinski definition) is 0. The third kappa shape index (κ3) is 1.56. The Kier molecular flexibility index (Phi) is 2.15. The van der Waals surface area contributed by atoms with Crippen LogP contribution in [0.25, 0.3) is 10.9 Å². The SMILES string of the molecule is COc1cc(F)cc2nc(C)oc(=O)c12. The molecule has 0 atom stereocenters. The van der Waals surface area contributed by atoms with Crippen molar-refractivity contribution >= 4 is 10.9 Å². The molecule has 0 bridgehead atoms. The molecule has 1 aromatic heterocycles. The van der Waals surface area contributed by atoms with Crippen LogP contribution >= 0.6 is 0 Å². The van der Waals surface area contributed by atoms with E-state index in [1.54, 1.807) is 0 Å². The summed E-state index contributed by atoms with van der Waals surface area (Å²) < 4.78 is 22.8. The number of ether oxygens (including phenoxy) is 1. The average molecular weight is 209 g/mol. The van der Waals surface area contributed by atoms with E-state index in [1.165, 1.54) is 20.1 Å². The Morgan fingerprint density at radius 1 is 1.47 bits per heavy atom. The summed E-state index contributed by atoms with van der Waals surface area (Å²) in [5.41, 5.74) is -0.338. The number of fused-ring (bicyclic) bond motifs is 1. The highest BCUT2D eigenvalue weighted by Crippen LogP contribution is 2.22. The molecule has 5 heteroatoms. The van der Waals surface area contributed by atoms with E-state index >= 15 is 0 Å². The maximum atomic E-state index is 13.1. The number of rotatable bonds is 1. The quantitative estimate of drug-likeness (QED) is 0.716. The van der Waals surface area contributed by atoms with Crippen LogP contribution in [-0.2, 0) is 0 Å². The molecule has 78 valence electrons. The van der Waals surface area contributed by atoms with Gasteiger partial charge in [-0.05, 0) is 0 Å². The van der Waals surface area contributed by atoms with Crippen LogP contribution in [0.15, 0.2) is 21.3 Å². The summed E-state index contributed by atoms with van der Waals surface area (Å²) >= 11 is 0. The van der Waals surface area contributed by atoms with Crippen molar-refractivity contribution in [2.45, 2.75) is 6.92 Å². The third-order valence-electron chi connectivity index (χ3n) is 1.99. The van der Waals surface area contributed by atoms with E-state index in [0.29, 0.717) is 0 Å². The molecule has 4 nitrogen and oxygen atoms in total. The summed E-state index contributed by atoms with van der Waals surface area (Å²) in [4.78, 5) is 15.4. The van der Waals surface area contributed by atoms with Gasteiger partial charge in [0.15, 0.2) is 5.89 Å². The summed E-state index contributed by atoms with van der Waals surface area (Å²) in [5, 5.41) is 0.157. The molecule has 0 saturated carbocycles. The maximum Gasteiger partial charge on any atom is 0.350 e. The Bertz CT molecular complexity index is 571. The number of methoxy groups -OCH3 is 1. The number of aromatic nitrogens is 1. The lowest BCUT2D eigenvalue weighted by molar-refractivity contribution is 0.411. The predicted molar refractivity (Wildman–Crippen MR) is 51.5 cm³/mol. The molecule has 0 unspecified atom stereocenters. The highest BCUT2D eigenvalue weighted by molar-refractivity contribution is 5.83. The Hall–Kier alpha value is -1.91. The minimum absolute atomic E-state index is 0.131. The molecule has 0 aliphatic heterocycles. The summed E-state index contributed by atoms with van der Waals surface area (Å²) in [6.45, 7) is 1.53. The van der Waals surface area contributed by atoms with Crippen LogP contribution in [0.2, 0.25) is 0 Å². The normalized spacial score (nSPS) is 10.6.